The van der Waals surface area contributed by atoms with Gasteiger partial charge in [-0.15, -0.1) is 0 Å². The Hall–Kier alpha value is -3.46. The van der Waals surface area contributed by atoms with Gasteiger partial charge in [-0.3, -0.25) is 0 Å². The molecule has 35 heavy (non-hydrogen) atoms. The zero-order valence-corrected chi connectivity index (χ0v) is 20.3. The Labute approximate surface area is 220 Å². The number of pyridine rings is 2. The molecule has 1 atom stereocenters. The fourth-order valence-electron chi connectivity index (χ4n) is 5.41. The van der Waals surface area contributed by atoms with Crippen LogP contribution in [0, 0.1) is 6.92 Å². The van der Waals surface area contributed by atoms with Gasteiger partial charge in [0.25, 0.3) is 0 Å². The second-order valence-electron chi connectivity index (χ2n) is 9.64. The first-order valence-corrected chi connectivity index (χ1v) is 11.8. The van der Waals surface area contributed by atoms with Gasteiger partial charge in [0.15, 0.2) is 11.8 Å². The van der Waals surface area contributed by atoms with Gasteiger partial charge in [0.2, 0.25) is 11.4 Å². The van der Waals surface area contributed by atoms with E-state index in [1.54, 1.807) is 24.3 Å². The summed E-state index contributed by atoms with van der Waals surface area (Å²) >= 11 is 0. The number of benzene rings is 2. The van der Waals surface area contributed by atoms with Crippen molar-refractivity contribution in [3.8, 4) is 22.4 Å². The molecule has 2 aromatic carbocycles. The minimum atomic E-state index is -3.16. The fraction of sp³-hybridized carbons (Fsp3) is 0.312. The average molecular weight is 471 g/mol. The highest BCUT2D eigenvalue weighted by atomic mass is 16.3. The van der Waals surface area contributed by atoms with Gasteiger partial charge in [-0.05, 0) is 53.9 Å². The zero-order valence-electron chi connectivity index (χ0n) is 29.3. The molecule has 0 fully saturated rings. The molecule has 3 heteroatoms. The summed E-state index contributed by atoms with van der Waals surface area (Å²) in [5.41, 5.74) is 3.37. The van der Waals surface area contributed by atoms with Gasteiger partial charge >= 0.3 is 0 Å². The Morgan fingerprint density at radius 3 is 2.74 bits per heavy atom. The van der Waals surface area contributed by atoms with Crippen molar-refractivity contribution in [2.45, 2.75) is 58.6 Å². The molecule has 3 heterocycles. The third kappa shape index (κ3) is 2.97. The molecule has 0 N–H and O–H groups in total. The molecule has 0 saturated carbocycles. The SMILES string of the molecule is [2H]C([2H])([2H])CC1(C([2H])([2H])C([2H])([2H])[2H])c2ccccc2-c2cc3c(nc21)oc1c(-c2cc(C([2H])(C)C)cc[n+]2C)c(C)ccc13. The quantitative estimate of drug-likeness (QED) is 0.249. The standard InChI is InChI=1S/C32H33N2O/c1-7-32(8-2)26-12-10-9-11-22(26)24-18-25-23-14-13-20(5)28(29(23)35-31(25)33-30(24)32)27-17-21(19(3)4)15-16-34(27)6/h9-19H,7-8H2,1-6H3/q+1/i1D3,2D3,7D2,19D. The molecule has 0 spiro atoms. The zero-order chi connectivity index (χ0) is 32.2. The second-order valence-corrected chi connectivity index (χ2v) is 9.64. The lowest BCUT2D eigenvalue weighted by molar-refractivity contribution is -0.660. The molecule has 1 unspecified atom stereocenters. The Balaban J connectivity index is 1.71. The van der Waals surface area contributed by atoms with Crippen LogP contribution in [0.15, 0.2) is 65.2 Å². The van der Waals surface area contributed by atoms with Crippen molar-refractivity contribution in [1.82, 2.24) is 4.98 Å². The van der Waals surface area contributed by atoms with Crippen LogP contribution >= 0.6 is 0 Å². The van der Waals surface area contributed by atoms with Crippen molar-refractivity contribution in [2.75, 3.05) is 0 Å². The van der Waals surface area contributed by atoms with Gasteiger partial charge in [0.1, 0.15) is 7.05 Å². The van der Waals surface area contributed by atoms with E-state index in [1.165, 1.54) is 0 Å². The molecule has 0 amide bonds. The van der Waals surface area contributed by atoms with Crippen molar-refractivity contribution >= 4 is 22.1 Å². The number of rotatable bonds is 4. The molecule has 0 aliphatic heterocycles. The third-order valence-corrected chi connectivity index (χ3v) is 7.39. The number of nitrogens with zero attached hydrogens (tertiary/aromatic N) is 2. The lowest BCUT2D eigenvalue weighted by Gasteiger charge is -2.28. The van der Waals surface area contributed by atoms with Crippen LogP contribution in [0.4, 0.5) is 0 Å². The first kappa shape index (κ1) is 14.2. The summed E-state index contributed by atoms with van der Waals surface area (Å²) in [4.78, 5) is 4.83. The number of hydrogen-bond donors (Lipinski definition) is 0. The number of aryl methyl sites for hydroxylation is 2. The molecular weight excluding hydrogens is 428 g/mol. The topological polar surface area (TPSA) is 29.9 Å². The molecule has 0 radical (unpaired) electrons. The van der Waals surface area contributed by atoms with Crippen LogP contribution in [0.3, 0.4) is 0 Å². The maximum atomic E-state index is 9.01. The largest absolute Gasteiger partial charge is 0.437 e. The van der Waals surface area contributed by atoms with E-state index in [9.17, 15) is 0 Å². The minimum absolute atomic E-state index is 0.0456. The van der Waals surface area contributed by atoms with E-state index >= 15 is 0 Å². The maximum absolute atomic E-state index is 9.01. The molecule has 3 nitrogen and oxygen atoms in total. The van der Waals surface area contributed by atoms with Crippen LogP contribution in [-0.4, -0.2) is 4.98 Å². The van der Waals surface area contributed by atoms with Gasteiger partial charge in [0.05, 0.1) is 11.3 Å². The van der Waals surface area contributed by atoms with Crippen molar-refractivity contribution in [3.63, 3.8) is 0 Å². The molecule has 1 aliphatic carbocycles. The van der Waals surface area contributed by atoms with E-state index in [0.29, 0.717) is 22.1 Å². The summed E-state index contributed by atoms with van der Waals surface area (Å²) in [6, 6.07) is 16.4. The Morgan fingerprint density at radius 1 is 1.09 bits per heavy atom. The van der Waals surface area contributed by atoms with Crippen molar-refractivity contribution in [2.24, 2.45) is 7.05 Å². The summed E-state index contributed by atoms with van der Waals surface area (Å²) < 4.78 is 84.2. The maximum Gasteiger partial charge on any atom is 0.227 e. The predicted octanol–water partition coefficient (Wildman–Crippen LogP) is 7.99. The van der Waals surface area contributed by atoms with Crippen LogP contribution in [0.5, 0.6) is 0 Å². The Morgan fingerprint density at radius 2 is 1.94 bits per heavy atom. The molecule has 3 aromatic heterocycles. The number of fused-ring (bicyclic) bond motifs is 6. The fourth-order valence-corrected chi connectivity index (χ4v) is 5.41. The van der Waals surface area contributed by atoms with Crippen molar-refractivity contribution < 1.29 is 21.3 Å². The number of hydrogen-bond acceptors (Lipinski definition) is 2. The minimum Gasteiger partial charge on any atom is -0.437 e. The highest BCUT2D eigenvalue weighted by Gasteiger charge is 2.42. The number of furan rings is 1. The van der Waals surface area contributed by atoms with Crippen LogP contribution in [0.25, 0.3) is 44.5 Å². The molecule has 0 saturated heterocycles. The third-order valence-electron chi connectivity index (χ3n) is 7.39. The van der Waals surface area contributed by atoms with Crippen LogP contribution in [0.2, 0.25) is 0 Å². The van der Waals surface area contributed by atoms with Crippen LogP contribution in [0.1, 0.15) is 81.0 Å². The highest BCUT2D eigenvalue weighted by molar-refractivity contribution is 6.10. The van der Waals surface area contributed by atoms with E-state index in [-0.39, 0.29) is 17.0 Å². The summed E-state index contributed by atoms with van der Waals surface area (Å²) in [6.07, 6.45) is -1.84. The monoisotopic (exact) mass is 470 g/mol. The van der Waals surface area contributed by atoms with E-state index in [2.05, 4.69) is 0 Å². The van der Waals surface area contributed by atoms with Gasteiger partial charge in [-0.25, -0.2) is 9.55 Å². The lowest BCUT2D eigenvalue weighted by atomic mass is 9.76. The van der Waals surface area contributed by atoms with E-state index < -0.39 is 37.8 Å². The summed E-state index contributed by atoms with van der Waals surface area (Å²) in [5, 5.41) is 1.41. The van der Waals surface area contributed by atoms with Gasteiger partial charge in [-0.2, -0.15) is 0 Å². The summed E-state index contributed by atoms with van der Waals surface area (Å²) in [6.45, 7) is -0.210. The van der Waals surface area contributed by atoms with E-state index in [4.69, 9.17) is 21.7 Å². The molecular formula is C32H33N2O+. The van der Waals surface area contributed by atoms with Crippen LogP contribution in [-0.2, 0) is 12.5 Å². The molecule has 1 aliphatic rings. The lowest BCUT2D eigenvalue weighted by Crippen LogP contribution is -2.31. The number of aromatic nitrogens is 2. The molecule has 5 aromatic rings. The Bertz CT molecular complexity index is 1970. The molecule has 6 rings (SSSR count). The summed E-state index contributed by atoms with van der Waals surface area (Å²) in [5.74, 6) is -0.831. The van der Waals surface area contributed by atoms with Gasteiger partial charge in [-0.1, -0.05) is 63.9 Å². The summed E-state index contributed by atoms with van der Waals surface area (Å²) in [7, 11) is 1.92. The van der Waals surface area contributed by atoms with E-state index in [0.717, 1.165) is 27.8 Å². The Kier molecular flexibility index (Phi) is 3.15. The van der Waals surface area contributed by atoms with Crippen molar-refractivity contribution in [1.29, 1.82) is 0 Å². The second kappa shape index (κ2) is 7.78. The van der Waals surface area contributed by atoms with E-state index in [1.807, 2.05) is 68.9 Å². The molecule has 176 valence electrons. The first-order valence-electron chi connectivity index (χ1n) is 16.3. The average Bonchev–Trinajstić information content (AvgIpc) is 3.39. The first-order chi connectivity index (χ1) is 20.3. The van der Waals surface area contributed by atoms with Gasteiger partial charge < -0.3 is 4.42 Å². The smallest absolute Gasteiger partial charge is 0.227 e. The van der Waals surface area contributed by atoms with Crippen LogP contribution < -0.4 is 4.57 Å². The van der Waals surface area contributed by atoms with Gasteiger partial charge in [0, 0.05) is 46.2 Å². The highest BCUT2D eigenvalue weighted by Crippen LogP contribution is 2.53. The predicted molar refractivity (Wildman–Crippen MR) is 144 cm³/mol. The van der Waals surface area contributed by atoms with Crippen molar-refractivity contribution in [3.05, 3.63) is 83.2 Å². The molecule has 0 bridgehead atoms. The normalized spacial score (nSPS) is 22.1.